The molecule has 0 saturated carbocycles. The minimum atomic E-state index is 0.257. The Morgan fingerprint density at radius 3 is 2.30 bits per heavy atom. The molecule has 2 nitrogen and oxygen atoms in total. The zero-order chi connectivity index (χ0) is 7.56. The van der Waals surface area contributed by atoms with E-state index in [1.807, 2.05) is 0 Å². The highest BCUT2D eigenvalue weighted by atomic mass is 15.2. The molecule has 0 radical (unpaired) electrons. The average Bonchev–Trinajstić information content (AvgIpc) is 1.88. The third kappa shape index (κ3) is 1.96. The van der Waals surface area contributed by atoms with E-state index in [4.69, 9.17) is 5.73 Å². The molecule has 0 spiro atoms. The van der Waals surface area contributed by atoms with Gasteiger partial charge in [-0.2, -0.15) is 0 Å². The molecule has 1 unspecified atom stereocenters. The molecular formula is C8H18N2. The molecule has 2 heteroatoms. The van der Waals surface area contributed by atoms with Crippen LogP contribution in [0, 0.1) is 5.92 Å². The monoisotopic (exact) mass is 142 g/mol. The number of piperidine rings is 1. The predicted molar refractivity (Wildman–Crippen MR) is 43.6 cm³/mol. The van der Waals surface area contributed by atoms with Crippen LogP contribution in [0.3, 0.4) is 0 Å². The van der Waals surface area contributed by atoms with Crippen LogP contribution in [-0.4, -0.2) is 24.2 Å². The van der Waals surface area contributed by atoms with Crippen molar-refractivity contribution in [3.8, 4) is 0 Å². The Bertz CT molecular complexity index is 93.4. The smallest absolute Gasteiger partial charge is 0.0542 e. The van der Waals surface area contributed by atoms with Gasteiger partial charge in [0.1, 0.15) is 0 Å². The third-order valence-electron chi connectivity index (χ3n) is 2.39. The van der Waals surface area contributed by atoms with Gasteiger partial charge in [-0.3, -0.25) is 4.90 Å². The van der Waals surface area contributed by atoms with E-state index in [2.05, 4.69) is 18.7 Å². The summed E-state index contributed by atoms with van der Waals surface area (Å²) in [6, 6.07) is 0. The number of likely N-dealkylation sites (tertiary alicyclic amines) is 1. The van der Waals surface area contributed by atoms with E-state index in [0.717, 1.165) is 5.92 Å². The van der Waals surface area contributed by atoms with Crippen LogP contribution in [0.4, 0.5) is 0 Å². The molecule has 0 aromatic heterocycles. The van der Waals surface area contributed by atoms with Crippen molar-refractivity contribution in [3.63, 3.8) is 0 Å². The van der Waals surface area contributed by atoms with Gasteiger partial charge in [-0.15, -0.1) is 0 Å². The average molecular weight is 142 g/mol. The maximum Gasteiger partial charge on any atom is 0.0542 e. The Balaban J connectivity index is 2.26. The normalized spacial score (nSPS) is 26.7. The van der Waals surface area contributed by atoms with Gasteiger partial charge < -0.3 is 5.73 Å². The van der Waals surface area contributed by atoms with Crippen molar-refractivity contribution in [2.45, 2.75) is 32.9 Å². The van der Waals surface area contributed by atoms with Gasteiger partial charge in [0.2, 0.25) is 0 Å². The fourth-order valence-corrected chi connectivity index (χ4v) is 1.44. The summed E-state index contributed by atoms with van der Waals surface area (Å²) in [5.41, 5.74) is 5.74. The summed E-state index contributed by atoms with van der Waals surface area (Å²) in [6.45, 7) is 6.77. The fourth-order valence-electron chi connectivity index (χ4n) is 1.44. The lowest BCUT2D eigenvalue weighted by atomic mass is 9.99. The number of hydrogen-bond acceptors (Lipinski definition) is 2. The summed E-state index contributed by atoms with van der Waals surface area (Å²) in [7, 11) is 0. The largest absolute Gasteiger partial charge is 0.316 e. The maximum absolute atomic E-state index is 5.74. The minimum Gasteiger partial charge on any atom is -0.316 e. The van der Waals surface area contributed by atoms with Gasteiger partial charge in [-0.05, 0) is 38.8 Å². The molecule has 1 aliphatic rings. The zero-order valence-corrected chi connectivity index (χ0v) is 7.01. The highest BCUT2D eigenvalue weighted by Gasteiger charge is 2.17. The molecule has 60 valence electrons. The highest BCUT2D eigenvalue weighted by Crippen LogP contribution is 2.16. The van der Waals surface area contributed by atoms with E-state index >= 15 is 0 Å². The summed E-state index contributed by atoms with van der Waals surface area (Å²) >= 11 is 0. The van der Waals surface area contributed by atoms with Crippen molar-refractivity contribution in [1.29, 1.82) is 0 Å². The lowest BCUT2D eigenvalue weighted by Gasteiger charge is -2.32. The van der Waals surface area contributed by atoms with Crippen LogP contribution in [0.2, 0.25) is 0 Å². The number of nitrogens with two attached hydrogens (primary N) is 1. The van der Waals surface area contributed by atoms with Crippen molar-refractivity contribution in [1.82, 2.24) is 4.90 Å². The summed E-state index contributed by atoms with van der Waals surface area (Å²) in [6.07, 6.45) is 2.90. The number of nitrogens with zero attached hydrogens (tertiary/aromatic N) is 1. The van der Waals surface area contributed by atoms with Crippen LogP contribution in [0.15, 0.2) is 0 Å². The molecule has 0 bridgehead atoms. The van der Waals surface area contributed by atoms with Crippen LogP contribution >= 0.6 is 0 Å². The van der Waals surface area contributed by atoms with Crippen LogP contribution in [0.25, 0.3) is 0 Å². The molecule has 10 heavy (non-hydrogen) atoms. The molecule has 2 N–H and O–H groups in total. The van der Waals surface area contributed by atoms with Crippen LogP contribution in [0.1, 0.15) is 26.7 Å². The fraction of sp³-hybridized carbons (Fsp3) is 1.00. The second-order valence-electron chi connectivity index (χ2n) is 3.46. The van der Waals surface area contributed by atoms with Crippen molar-refractivity contribution in [3.05, 3.63) is 0 Å². The van der Waals surface area contributed by atoms with Gasteiger partial charge in [0.05, 0.1) is 6.17 Å². The molecular weight excluding hydrogens is 124 g/mol. The third-order valence-corrected chi connectivity index (χ3v) is 2.39. The summed E-state index contributed by atoms with van der Waals surface area (Å²) in [5.74, 6) is 0.912. The van der Waals surface area contributed by atoms with Crippen molar-refractivity contribution < 1.29 is 0 Å². The van der Waals surface area contributed by atoms with Crippen LogP contribution < -0.4 is 5.73 Å². The maximum atomic E-state index is 5.74. The molecule has 0 aromatic carbocycles. The quantitative estimate of drug-likeness (QED) is 0.592. The Morgan fingerprint density at radius 1 is 1.40 bits per heavy atom. The molecule has 1 aliphatic heterocycles. The van der Waals surface area contributed by atoms with E-state index < -0.39 is 0 Å². The van der Waals surface area contributed by atoms with Gasteiger partial charge in [0.15, 0.2) is 0 Å². The molecule has 0 aliphatic carbocycles. The lowest BCUT2D eigenvalue weighted by molar-refractivity contribution is 0.150. The first-order valence-corrected chi connectivity index (χ1v) is 4.20. The Morgan fingerprint density at radius 2 is 1.90 bits per heavy atom. The number of rotatable bonds is 1. The lowest BCUT2D eigenvalue weighted by Crippen LogP contribution is -2.44. The predicted octanol–water partition coefficient (Wildman–Crippen LogP) is 1.02. The van der Waals surface area contributed by atoms with E-state index in [0.29, 0.717) is 0 Å². The van der Waals surface area contributed by atoms with Gasteiger partial charge >= 0.3 is 0 Å². The first-order chi connectivity index (χ1) is 4.70. The molecule has 1 fully saturated rings. The van der Waals surface area contributed by atoms with Crippen molar-refractivity contribution in [2.75, 3.05) is 13.1 Å². The van der Waals surface area contributed by atoms with Crippen LogP contribution in [0.5, 0.6) is 0 Å². The Labute approximate surface area is 63.4 Å². The molecule has 1 atom stereocenters. The SMILES string of the molecule is CC1CCN(C(C)N)CC1. The molecule has 0 amide bonds. The van der Waals surface area contributed by atoms with Gasteiger partial charge in [-0.1, -0.05) is 6.92 Å². The number of hydrogen-bond donors (Lipinski definition) is 1. The van der Waals surface area contributed by atoms with E-state index in [1.54, 1.807) is 0 Å². The Hall–Kier alpha value is -0.0800. The zero-order valence-electron chi connectivity index (χ0n) is 7.01. The van der Waals surface area contributed by atoms with Gasteiger partial charge in [-0.25, -0.2) is 0 Å². The topological polar surface area (TPSA) is 29.3 Å². The second-order valence-corrected chi connectivity index (χ2v) is 3.46. The minimum absolute atomic E-state index is 0.257. The highest BCUT2D eigenvalue weighted by molar-refractivity contribution is 4.70. The summed E-state index contributed by atoms with van der Waals surface area (Å²) in [4.78, 5) is 2.35. The Kier molecular flexibility index (Phi) is 2.69. The molecule has 1 saturated heterocycles. The molecule has 1 heterocycles. The molecule has 0 aromatic rings. The summed E-state index contributed by atoms with van der Waals surface area (Å²) in [5, 5.41) is 0. The molecule has 1 rings (SSSR count). The second kappa shape index (κ2) is 3.35. The van der Waals surface area contributed by atoms with E-state index in [-0.39, 0.29) is 6.17 Å². The van der Waals surface area contributed by atoms with Gasteiger partial charge in [0.25, 0.3) is 0 Å². The summed E-state index contributed by atoms with van der Waals surface area (Å²) < 4.78 is 0. The first kappa shape index (κ1) is 8.02. The van der Waals surface area contributed by atoms with Crippen LogP contribution in [-0.2, 0) is 0 Å². The van der Waals surface area contributed by atoms with E-state index in [9.17, 15) is 0 Å². The van der Waals surface area contributed by atoms with Crippen molar-refractivity contribution in [2.24, 2.45) is 11.7 Å². The first-order valence-electron chi connectivity index (χ1n) is 4.20. The standard InChI is InChI=1S/C8H18N2/c1-7-3-5-10(6-4-7)8(2)9/h7-8H,3-6,9H2,1-2H3. The van der Waals surface area contributed by atoms with Gasteiger partial charge in [0, 0.05) is 0 Å². The van der Waals surface area contributed by atoms with Crippen molar-refractivity contribution >= 4 is 0 Å². The van der Waals surface area contributed by atoms with E-state index in [1.165, 1.54) is 25.9 Å².